The van der Waals surface area contributed by atoms with Crippen LogP contribution in [0.4, 0.5) is 17.6 Å². The van der Waals surface area contributed by atoms with Crippen molar-refractivity contribution in [3.63, 3.8) is 0 Å². The van der Waals surface area contributed by atoms with Crippen molar-refractivity contribution >= 4 is 23.6 Å². The highest BCUT2D eigenvalue weighted by Crippen LogP contribution is 2.19. The van der Waals surface area contributed by atoms with Crippen molar-refractivity contribution in [1.29, 1.82) is 0 Å². The summed E-state index contributed by atoms with van der Waals surface area (Å²) in [7, 11) is 1.61. The molecule has 3 rings (SSSR count). The van der Waals surface area contributed by atoms with E-state index in [9.17, 15) is 4.79 Å². The van der Waals surface area contributed by atoms with Gasteiger partial charge in [0.25, 0.3) is 0 Å². The Balaban J connectivity index is 1.47. The van der Waals surface area contributed by atoms with Gasteiger partial charge in [-0.1, -0.05) is 18.2 Å². The number of carbonyl (C=O) groups excluding carboxylic acids is 1. The first-order valence-corrected chi connectivity index (χ1v) is 9.83. The smallest absolute Gasteiger partial charge is 0.306 e. The number of hydrogen-bond donors (Lipinski definition) is 2. The molecule has 1 heterocycles. The number of aromatic nitrogens is 3. The first kappa shape index (κ1) is 21.8. The van der Waals surface area contributed by atoms with Crippen molar-refractivity contribution in [2.75, 3.05) is 24.8 Å². The standard InChI is InChI=1S/C22H25N5O4/c1-15(20-25-21(23)27-22(26-20)24-16-7-4-3-5-8-16)31-19(28)9-6-14-30-18-12-10-17(29-2)11-13-18/h3-5,7-8,10-13,15H,6,9,14H2,1-2H3,(H3,23,24,25,26,27). The van der Waals surface area contributed by atoms with Gasteiger partial charge in [-0.25, -0.2) is 0 Å². The molecule has 2 aromatic carbocycles. The van der Waals surface area contributed by atoms with Crippen molar-refractivity contribution in [3.8, 4) is 11.5 Å². The number of para-hydroxylation sites is 1. The Hall–Kier alpha value is -3.88. The lowest BCUT2D eigenvalue weighted by molar-refractivity contribution is -0.149. The zero-order valence-corrected chi connectivity index (χ0v) is 17.4. The highest BCUT2D eigenvalue weighted by molar-refractivity contribution is 5.69. The highest BCUT2D eigenvalue weighted by atomic mass is 16.5. The van der Waals surface area contributed by atoms with Crippen LogP contribution in [0.15, 0.2) is 54.6 Å². The SMILES string of the molecule is COc1ccc(OCCCC(=O)OC(C)c2nc(N)nc(Nc3ccccc3)n2)cc1. The van der Waals surface area contributed by atoms with Crippen LogP contribution in [0.5, 0.6) is 11.5 Å². The lowest BCUT2D eigenvalue weighted by atomic mass is 10.3. The Kier molecular flexibility index (Phi) is 7.58. The van der Waals surface area contributed by atoms with Crippen LogP contribution in [0.2, 0.25) is 0 Å². The van der Waals surface area contributed by atoms with E-state index in [1.807, 2.05) is 54.6 Å². The van der Waals surface area contributed by atoms with Crippen LogP contribution in [-0.2, 0) is 9.53 Å². The van der Waals surface area contributed by atoms with E-state index in [0.717, 1.165) is 11.4 Å². The number of nitrogen functional groups attached to an aromatic ring is 1. The van der Waals surface area contributed by atoms with Gasteiger partial charge in [0, 0.05) is 12.1 Å². The van der Waals surface area contributed by atoms with E-state index >= 15 is 0 Å². The summed E-state index contributed by atoms with van der Waals surface area (Å²) in [5.41, 5.74) is 6.59. The number of carbonyl (C=O) groups is 1. The molecule has 0 spiro atoms. The van der Waals surface area contributed by atoms with Crippen LogP contribution in [0.1, 0.15) is 31.7 Å². The first-order valence-electron chi connectivity index (χ1n) is 9.83. The topological polar surface area (TPSA) is 121 Å². The third-order valence-corrected chi connectivity index (χ3v) is 4.23. The van der Waals surface area contributed by atoms with Crippen molar-refractivity contribution in [1.82, 2.24) is 15.0 Å². The number of rotatable bonds is 10. The van der Waals surface area contributed by atoms with E-state index in [1.54, 1.807) is 14.0 Å². The Bertz CT molecular complexity index is 983. The molecule has 9 heteroatoms. The molecule has 0 aliphatic heterocycles. The van der Waals surface area contributed by atoms with Crippen LogP contribution in [0.3, 0.4) is 0 Å². The Morgan fingerprint density at radius 3 is 2.45 bits per heavy atom. The Labute approximate surface area is 180 Å². The van der Waals surface area contributed by atoms with Gasteiger partial charge in [-0.3, -0.25) is 4.79 Å². The van der Waals surface area contributed by atoms with Gasteiger partial charge in [0.2, 0.25) is 11.9 Å². The van der Waals surface area contributed by atoms with Gasteiger partial charge in [0.1, 0.15) is 11.5 Å². The molecule has 0 radical (unpaired) electrons. The number of anilines is 3. The van der Waals surface area contributed by atoms with Gasteiger partial charge in [0.15, 0.2) is 11.9 Å². The molecule has 0 amide bonds. The molecule has 1 unspecified atom stereocenters. The average Bonchev–Trinajstić information content (AvgIpc) is 2.77. The summed E-state index contributed by atoms with van der Waals surface area (Å²) < 4.78 is 16.1. The molecular weight excluding hydrogens is 398 g/mol. The molecule has 0 saturated heterocycles. The molecule has 0 aliphatic rings. The van der Waals surface area contributed by atoms with Gasteiger partial charge in [-0.05, 0) is 49.7 Å². The molecule has 1 aromatic heterocycles. The number of nitrogens with two attached hydrogens (primary N) is 1. The average molecular weight is 423 g/mol. The van der Waals surface area contributed by atoms with Crippen molar-refractivity contribution < 1.29 is 19.0 Å². The summed E-state index contributed by atoms with van der Waals surface area (Å²) in [5, 5.41) is 3.05. The minimum atomic E-state index is -0.670. The number of nitrogens with zero attached hydrogens (tertiary/aromatic N) is 3. The summed E-state index contributed by atoms with van der Waals surface area (Å²) in [4.78, 5) is 24.6. The minimum Gasteiger partial charge on any atom is -0.497 e. The number of benzene rings is 2. The van der Waals surface area contributed by atoms with Crippen LogP contribution >= 0.6 is 0 Å². The predicted octanol–water partition coefficient (Wildman–Crippen LogP) is 3.67. The highest BCUT2D eigenvalue weighted by Gasteiger charge is 2.17. The molecule has 9 nitrogen and oxygen atoms in total. The second kappa shape index (κ2) is 10.8. The van der Waals surface area contributed by atoms with Gasteiger partial charge in [-0.15, -0.1) is 0 Å². The van der Waals surface area contributed by atoms with Gasteiger partial charge in [-0.2, -0.15) is 15.0 Å². The number of ether oxygens (including phenoxy) is 3. The second-order valence-corrected chi connectivity index (χ2v) is 6.63. The van der Waals surface area contributed by atoms with Crippen LogP contribution in [0.25, 0.3) is 0 Å². The first-order chi connectivity index (χ1) is 15.0. The van der Waals surface area contributed by atoms with E-state index in [2.05, 4.69) is 20.3 Å². The van der Waals surface area contributed by atoms with E-state index in [1.165, 1.54) is 0 Å². The number of methoxy groups -OCH3 is 1. The van der Waals surface area contributed by atoms with E-state index in [4.69, 9.17) is 19.9 Å². The zero-order chi connectivity index (χ0) is 22.1. The van der Waals surface area contributed by atoms with E-state index in [-0.39, 0.29) is 30.1 Å². The van der Waals surface area contributed by atoms with Crippen LogP contribution in [-0.4, -0.2) is 34.6 Å². The molecule has 0 saturated carbocycles. The number of esters is 1. The second-order valence-electron chi connectivity index (χ2n) is 6.63. The molecular formula is C22H25N5O4. The van der Waals surface area contributed by atoms with Crippen LogP contribution in [0, 0.1) is 0 Å². The molecule has 0 aliphatic carbocycles. The Morgan fingerprint density at radius 1 is 1.03 bits per heavy atom. The van der Waals surface area contributed by atoms with Crippen molar-refractivity contribution in [3.05, 3.63) is 60.4 Å². The minimum absolute atomic E-state index is 0.0409. The predicted molar refractivity (Wildman–Crippen MR) is 116 cm³/mol. The molecule has 3 N–H and O–H groups in total. The molecule has 162 valence electrons. The molecule has 0 fully saturated rings. The summed E-state index contributed by atoms with van der Waals surface area (Å²) in [6.07, 6.45) is 0.0464. The number of hydrogen-bond acceptors (Lipinski definition) is 9. The van der Waals surface area contributed by atoms with Gasteiger partial charge < -0.3 is 25.3 Å². The largest absolute Gasteiger partial charge is 0.497 e. The lowest BCUT2D eigenvalue weighted by Crippen LogP contribution is -2.15. The van der Waals surface area contributed by atoms with E-state index in [0.29, 0.717) is 18.8 Å². The normalized spacial score (nSPS) is 11.4. The fraction of sp³-hybridized carbons (Fsp3) is 0.273. The fourth-order valence-corrected chi connectivity index (χ4v) is 2.68. The maximum atomic E-state index is 12.2. The van der Waals surface area contributed by atoms with Gasteiger partial charge >= 0.3 is 5.97 Å². The molecule has 31 heavy (non-hydrogen) atoms. The van der Waals surface area contributed by atoms with Crippen LogP contribution < -0.4 is 20.5 Å². The Morgan fingerprint density at radius 2 is 1.74 bits per heavy atom. The van der Waals surface area contributed by atoms with Crippen molar-refractivity contribution in [2.24, 2.45) is 0 Å². The molecule has 3 aromatic rings. The molecule has 0 bridgehead atoms. The monoisotopic (exact) mass is 423 g/mol. The molecule has 1 atom stereocenters. The maximum Gasteiger partial charge on any atom is 0.306 e. The third-order valence-electron chi connectivity index (χ3n) is 4.23. The summed E-state index contributed by atoms with van der Waals surface area (Å²) in [6, 6.07) is 16.7. The fourth-order valence-electron chi connectivity index (χ4n) is 2.68. The zero-order valence-electron chi connectivity index (χ0n) is 17.4. The summed E-state index contributed by atoms with van der Waals surface area (Å²) in [6.45, 7) is 2.08. The number of nitrogens with one attached hydrogen (secondary N) is 1. The third kappa shape index (κ3) is 6.84. The quantitative estimate of drug-likeness (QED) is 0.371. The van der Waals surface area contributed by atoms with E-state index < -0.39 is 6.10 Å². The maximum absolute atomic E-state index is 12.2. The summed E-state index contributed by atoms with van der Waals surface area (Å²) >= 11 is 0. The summed E-state index contributed by atoms with van der Waals surface area (Å²) in [5.74, 6) is 1.69. The van der Waals surface area contributed by atoms with Crippen molar-refractivity contribution in [2.45, 2.75) is 25.9 Å². The lowest BCUT2D eigenvalue weighted by Gasteiger charge is -2.14. The van der Waals surface area contributed by atoms with Gasteiger partial charge in [0.05, 0.1) is 13.7 Å².